The van der Waals surface area contributed by atoms with Gasteiger partial charge in [-0.1, -0.05) is 45.1 Å². The highest BCUT2D eigenvalue weighted by atomic mass is 32.2. The van der Waals surface area contributed by atoms with E-state index >= 15 is 0 Å². The quantitative estimate of drug-likeness (QED) is 0.108. The van der Waals surface area contributed by atoms with Crippen LogP contribution in [0.25, 0.3) is 6.08 Å². The molecule has 1 amide bonds. The molecule has 44 heavy (non-hydrogen) atoms. The van der Waals surface area contributed by atoms with Crippen LogP contribution < -0.4 is 10.1 Å². The van der Waals surface area contributed by atoms with Gasteiger partial charge in [0.1, 0.15) is 5.75 Å². The normalized spacial score (nSPS) is 12.1. The van der Waals surface area contributed by atoms with Crippen LogP contribution in [0.5, 0.6) is 5.75 Å². The number of carbonyl (C=O) groups is 2. The first kappa shape index (κ1) is 34.3. The molecule has 0 bridgehead atoms. The van der Waals surface area contributed by atoms with E-state index in [0.29, 0.717) is 34.7 Å². The van der Waals surface area contributed by atoms with Crippen molar-refractivity contribution < 1.29 is 27.5 Å². The van der Waals surface area contributed by atoms with Gasteiger partial charge in [-0.2, -0.15) is 0 Å². The van der Waals surface area contributed by atoms with Crippen molar-refractivity contribution >= 4 is 33.5 Å². The summed E-state index contributed by atoms with van der Waals surface area (Å²) in [5.41, 5.74) is 2.02. The number of methoxy groups -OCH3 is 2. The van der Waals surface area contributed by atoms with Crippen molar-refractivity contribution in [3.8, 4) is 5.75 Å². The van der Waals surface area contributed by atoms with Crippen molar-refractivity contribution in [2.24, 2.45) is 0 Å². The largest absolute Gasteiger partial charge is 0.497 e. The number of likely N-dealkylation sites (N-methyl/N-ethyl adjacent to an activating group) is 1. The highest BCUT2D eigenvalue weighted by molar-refractivity contribution is 7.91. The zero-order valence-corrected chi connectivity index (χ0v) is 27.0. The number of carbonyl (C=O) groups excluding carboxylic acids is 2. The van der Waals surface area contributed by atoms with E-state index in [4.69, 9.17) is 9.47 Å². The summed E-state index contributed by atoms with van der Waals surface area (Å²) in [5.74, 6) is -0.265. The number of benzene rings is 2. The molecule has 9 nitrogen and oxygen atoms in total. The smallest absolute Gasteiger partial charge is 0.339 e. The van der Waals surface area contributed by atoms with Gasteiger partial charge in [0.2, 0.25) is 15.7 Å². The zero-order chi connectivity index (χ0) is 32.1. The number of ether oxygens (including phenoxy) is 2. The minimum absolute atomic E-state index is 0.0695. The summed E-state index contributed by atoms with van der Waals surface area (Å²) in [7, 11) is 0.520. The van der Waals surface area contributed by atoms with Gasteiger partial charge in [0.05, 0.1) is 30.4 Å². The number of sulfone groups is 1. The predicted molar refractivity (Wildman–Crippen MR) is 173 cm³/mol. The number of nitrogens with zero attached hydrogens (tertiary/aromatic N) is 2. The maximum Gasteiger partial charge on any atom is 0.339 e. The Morgan fingerprint density at radius 1 is 1.02 bits per heavy atom. The number of hydrogen-bond donors (Lipinski definition) is 1. The highest BCUT2D eigenvalue weighted by Crippen LogP contribution is 2.34. The van der Waals surface area contributed by atoms with Gasteiger partial charge >= 0.3 is 5.97 Å². The molecule has 0 spiro atoms. The number of unbranched alkanes of at least 4 members (excludes halogenated alkanes) is 5. The summed E-state index contributed by atoms with van der Waals surface area (Å²) in [6, 6.07) is 12.8. The van der Waals surface area contributed by atoms with Crippen LogP contribution in [0, 0.1) is 6.92 Å². The van der Waals surface area contributed by atoms with Gasteiger partial charge in [0.15, 0.2) is 5.37 Å². The molecule has 0 aliphatic heterocycles. The van der Waals surface area contributed by atoms with E-state index in [1.165, 1.54) is 64.3 Å². The molecule has 0 fully saturated rings. The summed E-state index contributed by atoms with van der Waals surface area (Å²) >= 11 is 0. The average Bonchev–Trinajstić information content (AvgIpc) is 3.04. The standard InChI is InChI=1S/C34H43N3O6S/c1-6-7-8-9-10-11-21-37(3)31(38)19-14-26-22-25(2)32(30(23-26)34(39)43-5)36-33(27-13-12-20-35-24-27)44(40,41)29-17-15-28(42-4)16-18-29/h12-20,22-24,33,36H,6-11,21H2,1-5H3/b19-14+. The zero-order valence-electron chi connectivity index (χ0n) is 26.2. The molecule has 0 radical (unpaired) electrons. The Bertz CT molecular complexity index is 1520. The van der Waals surface area contributed by atoms with E-state index in [0.717, 1.165) is 12.8 Å². The van der Waals surface area contributed by atoms with Crippen LogP contribution in [-0.2, 0) is 19.4 Å². The molecule has 0 saturated carbocycles. The highest BCUT2D eigenvalue weighted by Gasteiger charge is 2.31. The molecule has 1 aromatic heterocycles. The average molecular weight is 622 g/mol. The van der Waals surface area contributed by atoms with E-state index in [1.807, 2.05) is 0 Å². The number of rotatable bonds is 16. The lowest BCUT2D eigenvalue weighted by Gasteiger charge is -2.24. The lowest BCUT2D eigenvalue weighted by molar-refractivity contribution is -0.124. The first-order chi connectivity index (χ1) is 21.1. The molecule has 3 aromatic rings. The third-order valence-electron chi connectivity index (χ3n) is 7.37. The van der Waals surface area contributed by atoms with Gasteiger partial charge in [-0.25, -0.2) is 13.2 Å². The number of amides is 1. The Hall–Kier alpha value is -4.18. The Morgan fingerprint density at radius 2 is 1.73 bits per heavy atom. The van der Waals surface area contributed by atoms with E-state index in [-0.39, 0.29) is 16.4 Å². The Kier molecular flexibility index (Phi) is 13.0. The van der Waals surface area contributed by atoms with Crippen LogP contribution in [0.15, 0.2) is 71.9 Å². The first-order valence-corrected chi connectivity index (χ1v) is 16.4. The van der Waals surface area contributed by atoms with E-state index in [1.54, 1.807) is 67.5 Å². The van der Waals surface area contributed by atoms with Gasteiger partial charge in [0, 0.05) is 37.6 Å². The van der Waals surface area contributed by atoms with Crippen LogP contribution in [0.3, 0.4) is 0 Å². The SMILES string of the molecule is CCCCCCCCN(C)C(=O)/C=C/c1cc(C)c(NC(c2cccnc2)S(=O)(=O)c2ccc(OC)cc2)c(C(=O)OC)c1. The fraction of sp³-hybridized carbons (Fsp3) is 0.382. The number of nitrogens with one attached hydrogen (secondary N) is 1. The van der Waals surface area contributed by atoms with Crippen LogP contribution >= 0.6 is 0 Å². The predicted octanol–water partition coefficient (Wildman–Crippen LogP) is 6.60. The van der Waals surface area contributed by atoms with E-state index < -0.39 is 21.2 Å². The molecule has 1 unspecified atom stereocenters. The second-order valence-corrected chi connectivity index (χ2v) is 12.7. The van der Waals surface area contributed by atoms with Gasteiger partial charge < -0.3 is 19.7 Å². The fourth-order valence-corrected chi connectivity index (χ4v) is 6.37. The van der Waals surface area contributed by atoms with Crippen LogP contribution in [0.4, 0.5) is 5.69 Å². The lowest BCUT2D eigenvalue weighted by Crippen LogP contribution is -2.25. The van der Waals surface area contributed by atoms with Crippen molar-refractivity contribution in [1.29, 1.82) is 0 Å². The number of hydrogen-bond acceptors (Lipinski definition) is 8. The van der Waals surface area contributed by atoms with Gasteiger partial charge in [-0.15, -0.1) is 0 Å². The molecule has 1 N–H and O–H groups in total. The van der Waals surface area contributed by atoms with Gasteiger partial charge in [-0.05, 0) is 73.0 Å². The van der Waals surface area contributed by atoms with Crippen LogP contribution in [-0.4, -0.2) is 58.0 Å². The summed E-state index contributed by atoms with van der Waals surface area (Å²) in [6.45, 7) is 4.62. The summed E-state index contributed by atoms with van der Waals surface area (Å²) < 4.78 is 38.1. The van der Waals surface area contributed by atoms with Crippen molar-refractivity contribution in [1.82, 2.24) is 9.88 Å². The minimum Gasteiger partial charge on any atom is -0.497 e. The van der Waals surface area contributed by atoms with Crippen molar-refractivity contribution in [2.45, 2.75) is 62.6 Å². The third-order valence-corrected chi connectivity index (χ3v) is 9.31. The fourth-order valence-electron chi connectivity index (χ4n) is 4.81. The van der Waals surface area contributed by atoms with E-state index in [9.17, 15) is 18.0 Å². The first-order valence-electron chi connectivity index (χ1n) is 14.8. The van der Waals surface area contributed by atoms with Crippen LogP contribution in [0.2, 0.25) is 0 Å². The second-order valence-electron chi connectivity index (χ2n) is 10.6. The Labute approximate surface area is 261 Å². The molecule has 0 saturated heterocycles. The molecule has 0 aliphatic carbocycles. The van der Waals surface area contributed by atoms with Gasteiger partial charge in [-0.3, -0.25) is 9.78 Å². The Morgan fingerprint density at radius 3 is 2.36 bits per heavy atom. The summed E-state index contributed by atoms with van der Waals surface area (Å²) in [4.78, 5) is 31.6. The van der Waals surface area contributed by atoms with Crippen molar-refractivity contribution in [3.63, 3.8) is 0 Å². The number of aromatic nitrogens is 1. The lowest BCUT2D eigenvalue weighted by atomic mass is 10.0. The monoisotopic (exact) mass is 621 g/mol. The molecule has 2 aromatic carbocycles. The molecule has 10 heteroatoms. The van der Waals surface area contributed by atoms with Crippen molar-refractivity contribution in [2.75, 3.05) is 33.1 Å². The molecular weight excluding hydrogens is 578 g/mol. The molecule has 236 valence electrons. The molecule has 0 aliphatic rings. The number of esters is 1. The number of pyridine rings is 1. The maximum absolute atomic E-state index is 13.9. The molecular formula is C34H43N3O6S. The topological polar surface area (TPSA) is 115 Å². The third kappa shape index (κ3) is 9.16. The van der Waals surface area contributed by atoms with Crippen LogP contribution in [0.1, 0.15) is 77.9 Å². The van der Waals surface area contributed by atoms with Gasteiger partial charge in [0.25, 0.3) is 0 Å². The summed E-state index contributed by atoms with van der Waals surface area (Å²) in [5, 5.41) is 1.83. The maximum atomic E-state index is 13.9. The molecule has 1 heterocycles. The summed E-state index contributed by atoms with van der Waals surface area (Å²) in [6.07, 6.45) is 13.0. The number of anilines is 1. The number of aryl methyl sites for hydroxylation is 1. The second kappa shape index (κ2) is 16.6. The minimum atomic E-state index is -4.02. The Balaban J connectivity index is 1.90. The molecule has 1 atom stereocenters. The van der Waals surface area contributed by atoms with Crippen molar-refractivity contribution in [3.05, 3.63) is 89.3 Å². The molecule has 3 rings (SSSR count). The van der Waals surface area contributed by atoms with E-state index in [2.05, 4.69) is 17.2 Å².